The van der Waals surface area contributed by atoms with Crippen LogP contribution in [0.25, 0.3) is 10.6 Å². The summed E-state index contributed by atoms with van der Waals surface area (Å²) in [5.74, 6) is 0.722. The standard InChI is InChI=1S/C17H21N3OS/c1-11-16(12-6-9-20(11)10-7-12)19-17(21)15-5-4-14(22-15)13-3-2-8-18-13/h2-5,8,11-12,16,18H,6-7,9-10H2,1H3,(H,19,21)/t11-,16-/m0/s1. The Morgan fingerprint density at radius 1 is 1.32 bits per heavy atom. The van der Waals surface area contributed by atoms with Gasteiger partial charge >= 0.3 is 0 Å². The van der Waals surface area contributed by atoms with E-state index in [-0.39, 0.29) is 5.91 Å². The van der Waals surface area contributed by atoms with Crippen LogP contribution in [0.3, 0.4) is 0 Å². The largest absolute Gasteiger partial charge is 0.361 e. The van der Waals surface area contributed by atoms with Crippen molar-refractivity contribution in [1.29, 1.82) is 0 Å². The molecule has 0 aliphatic carbocycles. The lowest BCUT2D eigenvalue weighted by Gasteiger charge is -2.49. The molecule has 5 heterocycles. The molecule has 4 nitrogen and oxygen atoms in total. The van der Waals surface area contributed by atoms with Crippen molar-refractivity contribution in [2.45, 2.75) is 31.8 Å². The lowest BCUT2D eigenvalue weighted by atomic mass is 9.79. The number of carbonyl (C=O) groups is 1. The third kappa shape index (κ3) is 2.38. The van der Waals surface area contributed by atoms with Gasteiger partial charge in [0.15, 0.2) is 0 Å². The molecular weight excluding hydrogens is 294 g/mol. The third-order valence-corrected chi connectivity index (χ3v) is 6.29. The number of fused-ring (bicyclic) bond motifs is 3. The number of hydrogen-bond acceptors (Lipinski definition) is 3. The highest BCUT2D eigenvalue weighted by atomic mass is 32.1. The van der Waals surface area contributed by atoms with Gasteiger partial charge in [0.05, 0.1) is 15.4 Å². The SMILES string of the molecule is C[C@H]1[C@H](NC(=O)c2ccc(-c3ccc[nH]3)s2)C2CCN1CC2. The Labute approximate surface area is 134 Å². The summed E-state index contributed by atoms with van der Waals surface area (Å²) in [6, 6.07) is 8.71. The number of hydrogen-bond donors (Lipinski definition) is 2. The monoisotopic (exact) mass is 315 g/mol. The van der Waals surface area contributed by atoms with E-state index in [2.05, 4.69) is 22.1 Å². The number of amides is 1. The molecule has 2 N–H and O–H groups in total. The molecular formula is C17H21N3OS. The van der Waals surface area contributed by atoms with Gasteiger partial charge in [-0.3, -0.25) is 9.69 Å². The van der Waals surface area contributed by atoms with E-state index in [4.69, 9.17) is 0 Å². The minimum atomic E-state index is 0.0772. The summed E-state index contributed by atoms with van der Waals surface area (Å²) in [6.45, 7) is 4.62. The van der Waals surface area contributed by atoms with E-state index in [0.717, 1.165) is 15.4 Å². The fraction of sp³-hybridized carbons (Fsp3) is 0.471. The van der Waals surface area contributed by atoms with Gasteiger partial charge in [-0.25, -0.2) is 0 Å². The number of H-pyrrole nitrogens is 1. The zero-order valence-electron chi connectivity index (χ0n) is 12.7. The predicted octanol–water partition coefficient (Wildman–Crippen LogP) is 2.96. The van der Waals surface area contributed by atoms with Gasteiger partial charge in [0, 0.05) is 18.3 Å². The highest BCUT2D eigenvalue weighted by Crippen LogP contribution is 2.33. The minimum Gasteiger partial charge on any atom is -0.361 e. The van der Waals surface area contributed by atoms with E-state index in [1.807, 2.05) is 30.5 Å². The van der Waals surface area contributed by atoms with Gasteiger partial charge in [0.25, 0.3) is 5.91 Å². The van der Waals surface area contributed by atoms with Gasteiger partial charge in [-0.1, -0.05) is 0 Å². The molecule has 2 aromatic heterocycles. The highest BCUT2D eigenvalue weighted by Gasteiger charge is 2.40. The maximum Gasteiger partial charge on any atom is 0.261 e. The van der Waals surface area contributed by atoms with Crippen LogP contribution in [-0.2, 0) is 0 Å². The summed E-state index contributed by atoms with van der Waals surface area (Å²) in [5, 5.41) is 3.29. The van der Waals surface area contributed by atoms with E-state index in [9.17, 15) is 4.79 Å². The molecule has 0 saturated carbocycles. The molecule has 3 aliphatic heterocycles. The molecule has 2 bridgehead atoms. The number of nitrogens with one attached hydrogen (secondary N) is 2. The molecule has 116 valence electrons. The molecule has 0 unspecified atom stereocenters. The van der Waals surface area contributed by atoms with E-state index < -0.39 is 0 Å². The number of nitrogens with zero attached hydrogens (tertiary/aromatic N) is 1. The first-order valence-electron chi connectivity index (χ1n) is 8.01. The minimum absolute atomic E-state index is 0.0772. The summed E-state index contributed by atoms with van der Waals surface area (Å²) in [4.78, 5) is 20.2. The Balaban J connectivity index is 1.48. The topological polar surface area (TPSA) is 48.1 Å². The molecule has 3 saturated heterocycles. The summed E-state index contributed by atoms with van der Waals surface area (Å²) in [7, 11) is 0. The van der Waals surface area contributed by atoms with Crippen molar-refractivity contribution in [3.8, 4) is 10.6 Å². The van der Waals surface area contributed by atoms with Crippen LogP contribution in [0.1, 0.15) is 29.4 Å². The molecule has 2 atom stereocenters. The van der Waals surface area contributed by atoms with Crippen LogP contribution in [-0.4, -0.2) is 41.0 Å². The number of carbonyl (C=O) groups excluding carboxylic acids is 1. The fourth-order valence-corrected chi connectivity index (χ4v) is 4.75. The Bertz CT molecular complexity index is 653. The summed E-state index contributed by atoms with van der Waals surface area (Å²) in [6.07, 6.45) is 4.34. The lowest BCUT2D eigenvalue weighted by Crippen LogP contribution is -2.62. The van der Waals surface area contributed by atoms with Crippen LogP contribution >= 0.6 is 11.3 Å². The van der Waals surface area contributed by atoms with E-state index in [0.29, 0.717) is 18.0 Å². The zero-order valence-corrected chi connectivity index (χ0v) is 13.5. The molecule has 1 amide bonds. The number of rotatable bonds is 3. The number of aromatic nitrogens is 1. The zero-order chi connectivity index (χ0) is 15.1. The first-order chi connectivity index (χ1) is 10.7. The molecule has 5 rings (SSSR count). The van der Waals surface area contributed by atoms with Crippen LogP contribution in [0.15, 0.2) is 30.5 Å². The normalized spacial score (nSPS) is 30.4. The van der Waals surface area contributed by atoms with Gasteiger partial charge in [-0.15, -0.1) is 11.3 Å². The Kier molecular flexibility index (Phi) is 3.54. The van der Waals surface area contributed by atoms with Crippen molar-refractivity contribution in [3.05, 3.63) is 35.3 Å². The fourth-order valence-electron chi connectivity index (χ4n) is 3.86. The summed E-state index contributed by atoms with van der Waals surface area (Å²) in [5.41, 5.74) is 1.07. The van der Waals surface area contributed by atoms with Crippen LogP contribution < -0.4 is 5.32 Å². The summed E-state index contributed by atoms with van der Waals surface area (Å²) < 4.78 is 0. The molecule has 2 aromatic rings. The quantitative estimate of drug-likeness (QED) is 0.915. The van der Waals surface area contributed by atoms with Crippen LogP contribution in [0.2, 0.25) is 0 Å². The predicted molar refractivity (Wildman–Crippen MR) is 89.1 cm³/mol. The first kappa shape index (κ1) is 14.0. The average Bonchev–Trinajstić information content (AvgIpc) is 3.21. The van der Waals surface area contributed by atoms with Crippen LogP contribution in [0.4, 0.5) is 0 Å². The van der Waals surface area contributed by atoms with E-state index in [1.165, 1.54) is 25.9 Å². The average molecular weight is 315 g/mol. The first-order valence-corrected chi connectivity index (χ1v) is 8.82. The van der Waals surface area contributed by atoms with Crippen molar-refractivity contribution >= 4 is 17.2 Å². The number of piperidine rings is 3. The molecule has 3 aliphatic rings. The lowest BCUT2D eigenvalue weighted by molar-refractivity contribution is 0.0218. The van der Waals surface area contributed by atoms with Gasteiger partial charge < -0.3 is 10.3 Å². The maximum absolute atomic E-state index is 12.6. The van der Waals surface area contributed by atoms with Gasteiger partial charge in [-0.2, -0.15) is 0 Å². The maximum atomic E-state index is 12.6. The van der Waals surface area contributed by atoms with Gasteiger partial charge in [0.1, 0.15) is 0 Å². The van der Waals surface area contributed by atoms with Gasteiger partial charge in [0.2, 0.25) is 0 Å². The smallest absolute Gasteiger partial charge is 0.261 e. The Hall–Kier alpha value is -1.59. The second-order valence-corrected chi connectivity index (χ2v) is 7.44. The third-order valence-electron chi connectivity index (χ3n) is 5.17. The van der Waals surface area contributed by atoms with Crippen molar-refractivity contribution in [2.24, 2.45) is 5.92 Å². The number of thiophene rings is 1. The number of aromatic amines is 1. The van der Waals surface area contributed by atoms with Crippen molar-refractivity contribution in [2.75, 3.05) is 13.1 Å². The molecule has 0 radical (unpaired) electrons. The van der Waals surface area contributed by atoms with Crippen molar-refractivity contribution in [3.63, 3.8) is 0 Å². The second-order valence-electron chi connectivity index (χ2n) is 6.36. The van der Waals surface area contributed by atoms with Crippen LogP contribution in [0.5, 0.6) is 0 Å². The van der Waals surface area contributed by atoms with Crippen LogP contribution in [0, 0.1) is 5.92 Å². The van der Waals surface area contributed by atoms with Crippen molar-refractivity contribution < 1.29 is 4.79 Å². The highest BCUT2D eigenvalue weighted by molar-refractivity contribution is 7.17. The molecule has 5 heteroatoms. The molecule has 22 heavy (non-hydrogen) atoms. The molecule has 3 fully saturated rings. The van der Waals surface area contributed by atoms with Gasteiger partial charge in [-0.05, 0) is 63.0 Å². The molecule has 0 aromatic carbocycles. The van der Waals surface area contributed by atoms with E-state index >= 15 is 0 Å². The Morgan fingerprint density at radius 2 is 2.14 bits per heavy atom. The molecule has 0 spiro atoms. The summed E-state index contributed by atoms with van der Waals surface area (Å²) >= 11 is 1.55. The van der Waals surface area contributed by atoms with E-state index in [1.54, 1.807) is 11.3 Å². The Morgan fingerprint density at radius 3 is 2.82 bits per heavy atom. The second kappa shape index (κ2) is 5.56. The van der Waals surface area contributed by atoms with Crippen molar-refractivity contribution in [1.82, 2.24) is 15.2 Å².